The fourth-order valence-electron chi connectivity index (χ4n) is 7.67. The molecule has 0 atom stereocenters. The predicted molar refractivity (Wildman–Crippen MR) is 236 cm³/mol. The summed E-state index contributed by atoms with van der Waals surface area (Å²) in [6, 6.07) is 3.53. The number of unbranched alkanes of at least 4 members (excludes halogenated alkanes) is 14. The zero-order chi connectivity index (χ0) is 48.0. The number of rotatable bonds is 39. The summed E-state index contributed by atoms with van der Waals surface area (Å²) in [5, 5.41) is 64.7. The molecule has 0 unspecified atom stereocenters. The predicted octanol–water partition coefficient (Wildman–Crippen LogP) is 8.01. The van der Waals surface area contributed by atoms with Crippen LogP contribution in [0.2, 0.25) is 0 Å². The number of aliphatic carboxylic acids is 6. The van der Waals surface area contributed by atoms with Crippen LogP contribution in [0, 0.1) is 0 Å². The maximum atomic E-state index is 14.1. The van der Waals surface area contributed by atoms with Crippen LogP contribution in [0.25, 0.3) is 0 Å². The molecule has 0 aliphatic carbocycles. The van der Waals surface area contributed by atoms with Gasteiger partial charge in [-0.2, -0.15) is 0 Å². The molecule has 9 N–H and O–H groups in total. The third kappa shape index (κ3) is 26.2. The molecule has 360 valence electrons. The van der Waals surface area contributed by atoms with Crippen molar-refractivity contribution in [2.24, 2.45) is 0 Å². The lowest BCUT2D eigenvalue weighted by atomic mass is 9.83. The summed E-state index contributed by atoms with van der Waals surface area (Å²) in [4.78, 5) is 111. The first-order valence-corrected chi connectivity index (χ1v) is 22.7. The zero-order valence-electron chi connectivity index (χ0n) is 37.4. The minimum atomic E-state index is -1.65. The van der Waals surface area contributed by atoms with Crippen LogP contribution < -0.4 is 16.0 Å². The number of carbonyl (C=O) groups excluding carboxylic acids is 3. The molecule has 0 saturated carbocycles. The SMILES string of the molecule is CCCCCCCCCCCCCCCCCC(=O)Nc1cc(C(=O)NC(CCC(=O)O)(CCC(=O)O)CCC(=O)O)cc(C(=O)NC(CCC(=O)O)(CCC(=O)O)CCC(=O)O)c1. The van der Waals surface area contributed by atoms with Crippen molar-refractivity contribution in [2.75, 3.05) is 5.32 Å². The Hall–Kier alpha value is -5.55. The van der Waals surface area contributed by atoms with Crippen LogP contribution in [0.4, 0.5) is 5.69 Å². The molecule has 64 heavy (non-hydrogen) atoms. The second-order valence-electron chi connectivity index (χ2n) is 16.9. The number of amides is 3. The van der Waals surface area contributed by atoms with Crippen molar-refractivity contribution in [3.63, 3.8) is 0 Å². The number of benzene rings is 1. The van der Waals surface area contributed by atoms with E-state index in [9.17, 15) is 73.8 Å². The molecule has 0 aliphatic heterocycles. The van der Waals surface area contributed by atoms with Crippen LogP contribution in [0.3, 0.4) is 0 Å². The minimum absolute atomic E-state index is 0.0387. The van der Waals surface area contributed by atoms with Gasteiger partial charge in [-0.05, 0) is 63.1 Å². The Morgan fingerprint density at radius 2 is 0.656 bits per heavy atom. The highest BCUT2D eigenvalue weighted by atomic mass is 16.4. The number of nitrogens with one attached hydrogen (secondary N) is 3. The average Bonchev–Trinajstić information content (AvgIpc) is 3.22. The van der Waals surface area contributed by atoms with E-state index in [0.29, 0.717) is 6.42 Å². The first-order chi connectivity index (χ1) is 30.3. The van der Waals surface area contributed by atoms with E-state index < -0.39 is 103 Å². The van der Waals surface area contributed by atoms with E-state index in [0.717, 1.165) is 38.2 Å². The van der Waals surface area contributed by atoms with Gasteiger partial charge in [0.1, 0.15) is 0 Å². The van der Waals surface area contributed by atoms with E-state index in [-0.39, 0.29) is 61.8 Å². The van der Waals surface area contributed by atoms with Crippen molar-refractivity contribution < 1.29 is 73.8 Å². The van der Waals surface area contributed by atoms with Gasteiger partial charge in [-0.1, -0.05) is 96.8 Å². The van der Waals surface area contributed by atoms with E-state index in [1.54, 1.807) is 0 Å². The quantitative estimate of drug-likeness (QED) is 0.0283. The summed E-state index contributed by atoms with van der Waals surface area (Å²) >= 11 is 0. The third-order valence-electron chi connectivity index (χ3n) is 11.4. The summed E-state index contributed by atoms with van der Waals surface area (Å²) < 4.78 is 0. The van der Waals surface area contributed by atoms with Crippen molar-refractivity contribution in [3.8, 4) is 0 Å². The van der Waals surface area contributed by atoms with Crippen LogP contribution in [-0.4, -0.2) is 95.3 Å². The highest BCUT2D eigenvalue weighted by Crippen LogP contribution is 2.30. The smallest absolute Gasteiger partial charge is 0.303 e. The van der Waals surface area contributed by atoms with Gasteiger partial charge in [0.2, 0.25) is 5.91 Å². The molecule has 1 aromatic rings. The number of carboxylic acid groups (broad SMARTS) is 6. The third-order valence-corrected chi connectivity index (χ3v) is 11.4. The van der Waals surface area contributed by atoms with E-state index in [1.165, 1.54) is 69.9 Å². The lowest BCUT2D eigenvalue weighted by Gasteiger charge is -2.35. The fourth-order valence-corrected chi connectivity index (χ4v) is 7.67. The monoisotopic (exact) mass is 905 g/mol. The number of carbonyl (C=O) groups is 9. The molecule has 0 aromatic heterocycles. The molecule has 1 rings (SSSR count). The van der Waals surface area contributed by atoms with Crippen molar-refractivity contribution in [2.45, 2.75) is 198 Å². The van der Waals surface area contributed by atoms with Crippen molar-refractivity contribution in [3.05, 3.63) is 29.3 Å². The molecule has 0 saturated heterocycles. The molecule has 0 radical (unpaired) electrons. The first kappa shape index (κ1) is 56.5. The standard InChI is InChI=1S/C46H71N3O15/c1-2-3-4-5-6-7-8-9-10-11-12-13-14-15-16-17-36(50)47-35-31-33(43(63)48-45(24-18-37(51)52,25-19-38(53)54)26-20-39(55)56)30-34(32-35)44(64)49-46(27-21-40(57)58,28-22-41(59)60)29-23-42(61)62/h30-32H,2-29H2,1H3,(H,47,50)(H,48,63)(H,49,64)(H,51,52)(H,53,54)(H,55,56)(H,57,58)(H,59,60)(H,61,62). The van der Waals surface area contributed by atoms with Gasteiger partial charge in [0, 0.05) is 72.8 Å². The van der Waals surface area contributed by atoms with Crippen LogP contribution in [0.15, 0.2) is 18.2 Å². The molecule has 1 aromatic carbocycles. The van der Waals surface area contributed by atoms with Gasteiger partial charge < -0.3 is 46.6 Å². The van der Waals surface area contributed by atoms with Gasteiger partial charge in [0.15, 0.2) is 0 Å². The minimum Gasteiger partial charge on any atom is -0.481 e. The lowest BCUT2D eigenvalue weighted by molar-refractivity contribution is -0.140. The largest absolute Gasteiger partial charge is 0.481 e. The number of anilines is 1. The molecular formula is C46H71N3O15. The lowest BCUT2D eigenvalue weighted by Crippen LogP contribution is -2.50. The molecule has 0 heterocycles. The molecule has 0 aliphatic rings. The number of hydrogen-bond acceptors (Lipinski definition) is 9. The van der Waals surface area contributed by atoms with Gasteiger partial charge in [0.05, 0.1) is 0 Å². The van der Waals surface area contributed by atoms with Crippen LogP contribution in [0.5, 0.6) is 0 Å². The number of hydrogen-bond donors (Lipinski definition) is 9. The zero-order valence-corrected chi connectivity index (χ0v) is 37.4. The van der Waals surface area contributed by atoms with Crippen molar-refractivity contribution in [1.29, 1.82) is 0 Å². The van der Waals surface area contributed by atoms with E-state index >= 15 is 0 Å². The van der Waals surface area contributed by atoms with Gasteiger partial charge in [-0.25, -0.2) is 0 Å². The highest BCUT2D eigenvalue weighted by Gasteiger charge is 2.36. The first-order valence-electron chi connectivity index (χ1n) is 22.7. The van der Waals surface area contributed by atoms with E-state index in [4.69, 9.17) is 0 Å². The van der Waals surface area contributed by atoms with Crippen molar-refractivity contribution in [1.82, 2.24) is 10.6 Å². The van der Waals surface area contributed by atoms with E-state index in [2.05, 4.69) is 22.9 Å². The van der Waals surface area contributed by atoms with Gasteiger partial charge >= 0.3 is 35.8 Å². The Kier molecular flexibility index (Phi) is 27.6. The molecule has 0 fully saturated rings. The average molecular weight is 906 g/mol. The van der Waals surface area contributed by atoms with Gasteiger partial charge in [-0.3, -0.25) is 43.2 Å². The van der Waals surface area contributed by atoms with Crippen molar-refractivity contribution >= 4 is 59.2 Å². The van der Waals surface area contributed by atoms with E-state index in [1.807, 2.05) is 0 Å². The van der Waals surface area contributed by atoms with Gasteiger partial charge in [0.25, 0.3) is 11.8 Å². The van der Waals surface area contributed by atoms with Crippen LogP contribution in [-0.2, 0) is 33.6 Å². The summed E-state index contributed by atoms with van der Waals surface area (Å²) in [6.07, 6.45) is 11.7. The topological polar surface area (TPSA) is 311 Å². The Morgan fingerprint density at radius 1 is 0.391 bits per heavy atom. The summed E-state index contributed by atoms with van der Waals surface area (Å²) in [7, 11) is 0. The molecule has 0 spiro atoms. The molecule has 0 bridgehead atoms. The second-order valence-corrected chi connectivity index (χ2v) is 16.9. The maximum absolute atomic E-state index is 14.1. The maximum Gasteiger partial charge on any atom is 0.303 e. The van der Waals surface area contributed by atoms with Crippen LogP contribution in [0.1, 0.15) is 207 Å². The second kappa shape index (κ2) is 31.3. The Bertz CT molecular complexity index is 1510. The molecule has 18 heteroatoms. The summed E-state index contributed by atoms with van der Waals surface area (Å²) in [5.74, 6) is -10.1. The summed E-state index contributed by atoms with van der Waals surface area (Å²) in [6.45, 7) is 2.21. The molecule has 3 amide bonds. The summed E-state index contributed by atoms with van der Waals surface area (Å²) in [5.41, 5.74) is -3.91. The van der Waals surface area contributed by atoms with Crippen LogP contribution >= 0.6 is 0 Å². The molecule has 18 nitrogen and oxygen atoms in total. The Morgan fingerprint density at radius 3 is 0.922 bits per heavy atom. The van der Waals surface area contributed by atoms with Gasteiger partial charge in [-0.15, -0.1) is 0 Å². The Balaban J connectivity index is 3.38. The highest BCUT2D eigenvalue weighted by molar-refractivity contribution is 6.03. The molecular weight excluding hydrogens is 835 g/mol. The Labute approximate surface area is 375 Å². The fraction of sp³-hybridized carbons (Fsp3) is 0.674. The number of carboxylic acids is 6. The normalized spacial score (nSPS) is 11.4.